The monoisotopic (exact) mass is 703 g/mol. The van der Waals surface area contributed by atoms with Crippen LogP contribution in [0, 0.1) is 0 Å². The van der Waals surface area contributed by atoms with Gasteiger partial charge >= 0.3 is 12.1 Å². The molecule has 3 rings (SSSR count). The number of amides is 3. The second-order valence-electron chi connectivity index (χ2n) is 12.4. The third-order valence-corrected chi connectivity index (χ3v) is 8.23. The summed E-state index contributed by atoms with van der Waals surface area (Å²) in [5.74, 6) is -3.55. The van der Waals surface area contributed by atoms with Gasteiger partial charge in [-0.05, 0) is 33.2 Å². The number of aliphatic hydroxyl groups is 3. The Labute approximate surface area is 275 Å². The first-order valence-electron chi connectivity index (χ1n) is 15.2. The fourth-order valence-electron chi connectivity index (χ4n) is 5.82. The predicted octanol–water partition coefficient (Wildman–Crippen LogP) is -2.47. The minimum Gasteiger partial charge on any atom is -0.475 e. The van der Waals surface area contributed by atoms with E-state index in [1.54, 1.807) is 14.1 Å². The average Bonchev–Trinajstić information content (AvgIpc) is 2.94. The van der Waals surface area contributed by atoms with Crippen molar-refractivity contribution in [3.05, 3.63) is 0 Å². The maximum atomic E-state index is 12.1. The molecule has 20 heteroatoms. The van der Waals surface area contributed by atoms with E-state index in [1.165, 1.54) is 32.6 Å². The van der Waals surface area contributed by atoms with Gasteiger partial charge in [0.05, 0.1) is 30.8 Å². The maximum absolute atomic E-state index is 12.1. The molecule has 0 bridgehead atoms. The van der Waals surface area contributed by atoms with Crippen LogP contribution in [0.2, 0.25) is 0 Å². The lowest BCUT2D eigenvalue weighted by atomic mass is 9.83. The Hall–Kier alpha value is -2.69. The van der Waals surface area contributed by atoms with Crippen LogP contribution in [0.1, 0.15) is 47.0 Å². The highest BCUT2D eigenvalue weighted by Gasteiger charge is 2.52. The number of carboxylic acids is 1. The van der Waals surface area contributed by atoms with Crippen molar-refractivity contribution >= 4 is 23.7 Å². The van der Waals surface area contributed by atoms with Gasteiger partial charge in [0.25, 0.3) is 0 Å². The zero-order valence-electron chi connectivity index (χ0n) is 27.6. The van der Waals surface area contributed by atoms with Gasteiger partial charge in [-0.3, -0.25) is 14.4 Å². The van der Waals surface area contributed by atoms with Crippen molar-refractivity contribution in [1.29, 1.82) is 0 Å². The summed E-state index contributed by atoms with van der Waals surface area (Å²) >= 11 is 0. The number of halogens is 3. The molecule has 2 saturated heterocycles. The van der Waals surface area contributed by atoms with Gasteiger partial charge in [0, 0.05) is 40.4 Å². The SMILES string of the molecule is CN[C@@H]1[C@@H](O)[C@@H](O[C@@H]2[C@@H](O)[C@H](O[C@H]3O[C@H](CN(C)C(C)=O)CC[C@H]3NC(C)=O)[C@@H](NC(C)=O)C[C@H]2N)OC[C@]1(C)O.O=C(O)C(F)(F)F. The van der Waals surface area contributed by atoms with E-state index in [2.05, 4.69) is 16.0 Å². The number of ether oxygens (including phenoxy) is 4. The van der Waals surface area contributed by atoms with Crippen LogP contribution in [0.5, 0.6) is 0 Å². The molecule has 3 aliphatic rings. The molecule has 3 amide bonds. The number of rotatable bonds is 9. The molecule has 1 saturated carbocycles. The number of hydrogen-bond donors (Lipinski definition) is 8. The van der Waals surface area contributed by atoms with Crippen LogP contribution in [0.3, 0.4) is 0 Å². The van der Waals surface area contributed by atoms with Gasteiger partial charge in [0.15, 0.2) is 12.6 Å². The van der Waals surface area contributed by atoms with Gasteiger partial charge in [-0.2, -0.15) is 13.2 Å². The van der Waals surface area contributed by atoms with Crippen LogP contribution in [-0.4, -0.2) is 155 Å². The summed E-state index contributed by atoms with van der Waals surface area (Å²) in [4.78, 5) is 46.2. The molecule has 48 heavy (non-hydrogen) atoms. The van der Waals surface area contributed by atoms with Gasteiger partial charge < -0.3 is 66.0 Å². The predicted molar refractivity (Wildman–Crippen MR) is 158 cm³/mol. The molecular weight excluding hydrogens is 655 g/mol. The molecule has 9 N–H and O–H groups in total. The third kappa shape index (κ3) is 11.4. The van der Waals surface area contributed by atoms with E-state index < -0.39 is 85.0 Å². The van der Waals surface area contributed by atoms with Gasteiger partial charge in [-0.15, -0.1) is 0 Å². The number of aliphatic hydroxyl groups excluding tert-OH is 2. The smallest absolute Gasteiger partial charge is 0.475 e. The van der Waals surface area contributed by atoms with Crippen LogP contribution in [-0.2, 0) is 38.1 Å². The van der Waals surface area contributed by atoms with E-state index in [4.69, 9.17) is 34.6 Å². The lowest BCUT2D eigenvalue weighted by Gasteiger charge is -2.49. The van der Waals surface area contributed by atoms with Crippen LogP contribution in [0.25, 0.3) is 0 Å². The minimum atomic E-state index is -5.08. The first-order valence-corrected chi connectivity index (χ1v) is 15.2. The second-order valence-corrected chi connectivity index (χ2v) is 12.4. The van der Waals surface area contributed by atoms with Crippen LogP contribution < -0.4 is 21.7 Å². The van der Waals surface area contributed by atoms with Gasteiger partial charge in [0.2, 0.25) is 17.7 Å². The molecule has 0 aromatic carbocycles. The number of carboxylic acid groups (broad SMARTS) is 1. The molecule has 0 spiro atoms. The molecule has 278 valence electrons. The van der Waals surface area contributed by atoms with E-state index in [9.17, 15) is 42.9 Å². The first-order chi connectivity index (χ1) is 22.1. The molecule has 1 aliphatic carbocycles. The summed E-state index contributed by atoms with van der Waals surface area (Å²) in [6, 6.07) is -2.87. The highest BCUT2D eigenvalue weighted by atomic mass is 19.4. The second kappa shape index (κ2) is 17.3. The van der Waals surface area contributed by atoms with E-state index in [0.29, 0.717) is 19.4 Å². The van der Waals surface area contributed by atoms with Crippen molar-refractivity contribution in [2.75, 3.05) is 27.2 Å². The first kappa shape index (κ1) is 41.5. The molecular formula is C28H48F3N5O12. The van der Waals surface area contributed by atoms with Crippen molar-refractivity contribution in [1.82, 2.24) is 20.9 Å². The lowest BCUT2D eigenvalue weighted by molar-refractivity contribution is -0.308. The zero-order chi connectivity index (χ0) is 36.7. The molecule has 0 unspecified atom stereocenters. The molecule has 2 aliphatic heterocycles. The van der Waals surface area contributed by atoms with Crippen molar-refractivity contribution < 1.29 is 71.7 Å². The molecule has 17 nitrogen and oxygen atoms in total. The number of likely N-dealkylation sites (N-methyl/N-ethyl adjacent to an activating group) is 2. The molecule has 0 aromatic rings. The Kier molecular flexibility index (Phi) is 15.0. The van der Waals surface area contributed by atoms with Crippen molar-refractivity contribution in [3.8, 4) is 0 Å². The largest absolute Gasteiger partial charge is 0.490 e. The highest BCUT2D eigenvalue weighted by Crippen LogP contribution is 2.32. The van der Waals surface area contributed by atoms with Gasteiger partial charge in [-0.25, -0.2) is 4.79 Å². The summed E-state index contributed by atoms with van der Waals surface area (Å²) in [7, 11) is 3.24. The van der Waals surface area contributed by atoms with Gasteiger partial charge in [-0.1, -0.05) is 0 Å². The summed E-state index contributed by atoms with van der Waals surface area (Å²) in [5.41, 5.74) is 5.03. The summed E-state index contributed by atoms with van der Waals surface area (Å²) in [5, 5.41) is 48.5. The maximum Gasteiger partial charge on any atom is 0.490 e. The molecule has 0 aromatic heterocycles. The Morgan fingerprint density at radius 3 is 2.02 bits per heavy atom. The number of hydrogen-bond acceptors (Lipinski definition) is 13. The van der Waals surface area contributed by atoms with Crippen molar-refractivity contribution in [2.45, 2.75) is 126 Å². The number of aliphatic carboxylic acids is 1. The summed E-state index contributed by atoms with van der Waals surface area (Å²) in [6.07, 6.45) is -11.4. The normalized spacial score (nSPS) is 37.0. The quantitative estimate of drug-likeness (QED) is 0.124. The van der Waals surface area contributed by atoms with E-state index in [-0.39, 0.29) is 30.7 Å². The van der Waals surface area contributed by atoms with E-state index in [1.807, 2.05) is 0 Å². The van der Waals surface area contributed by atoms with Crippen LogP contribution in [0.15, 0.2) is 0 Å². The Morgan fingerprint density at radius 1 is 0.979 bits per heavy atom. The zero-order valence-corrected chi connectivity index (χ0v) is 27.6. The number of alkyl halides is 3. The Balaban J connectivity index is 0.00000103. The lowest BCUT2D eigenvalue weighted by Crippen LogP contribution is -2.69. The fourth-order valence-corrected chi connectivity index (χ4v) is 5.82. The molecule has 0 radical (unpaired) electrons. The number of nitrogens with one attached hydrogen (secondary N) is 3. The van der Waals surface area contributed by atoms with E-state index >= 15 is 0 Å². The van der Waals surface area contributed by atoms with Gasteiger partial charge in [0.1, 0.15) is 30.0 Å². The Bertz CT molecular complexity index is 1120. The van der Waals surface area contributed by atoms with Crippen LogP contribution >= 0.6 is 0 Å². The molecule has 2 heterocycles. The topological polar surface area (TPSA) is 251 Å². The van der Waals surface area contributed by atoms with Crippen LogP contribution in [0.4, 0.5) is 13.2 Å². The molecule has 12 atom stereocenters. The average molecular weight is 704 g/mol. The molecule has 3 fully saturated rings. The Morgan fingerprint density at radius 2 is 1.52 bits per heavy atom. The van der Waals surface area contributed by atoms with Crippen molar-refractivity contribution in [3.63, 3.8) is 0 Å². The third-order valence-electron chi connectivity index (χ3n) is 8.23. The number of carbonyl (C=O) groups excluding carboxylic acids is 3. The summed E-state index contributed by atoms with van der Waals surface area (Å²) in [6.45, 7) is 5.83. The van der Waals surface area contributed by atoms with E-state index in [0.717, 1.165) is 0 Å². The minimum absolute atomic E-state index is 0.133. The fraction of sp³-hybridized carbons (Fsp3) is 0.857. The standard InChI is InChI=1S/C26H47N5O10.C2HF3O2/c1-12(32)29-17-8-7-15(10-31(6)14(3)34)39-24(17)41-22-18(30-13(2)33)9-16(27)21(19(22)35)40-25-20(36)23(28-5)26(4,37)11-38-25;3-2(4,5)1(6)7/h15-25,28,35-37H,7-11,27H2,1-6H3,(H,29,32)(H,30,33);(H,6,7)/t15-,16+,17+,18-,19+,20+,21-,22+,23+,24+,25+,26-;/m0./s1. The summed E-state index contributed by atoms with van der Waals surface area (Å²) < 4.78 is 55.8. The van der Waals surface area contributed by atoms with Crippen molar-refractivity contribution in [2.24, 2.45) is 5.73 Å². The number of nitrogens with zero attached hydrogens (tertiary/aromatic N) is 1. The number of nitrogens with two attached hydrogens (primary N) is 1. The number of carbonyl (C=O) groups is 4. The highest BCUT2D eigenvalue weighted by molar-refractivity contribution is 5.74.